The molecule has 0 radical (unpaired) electrons. The highest BCUT2D eigenvalue weighted by molar-refractivity contribution is 5.17. The molecule has 0 amide bonds. The first-order valence-electron chi connectivity index (χ1n) is 7.71. The first-order valence-corrected chi connectivity index (χ1v) is 7.71. The van der Waals surface area contributed by atoms with Gasteiger partial charge in [0.25, 0.3) is 0 Å². The number of nitrogens with one attached hydrogen (secondary N) is 1. The van der Waals surface area contributed by atoms with Crippen LogP contribution in [0.3, 0.4) is 0 Å². The number of hydrogen-bond acceptors (Lipinski definition) is 3. The Morgan fingerprint density at radius 3 is 2.63 bits per heavy atom. The van der Waals surface area contributed by atoms with Crippen molar-refractivity contribution in [3.05, 3.63) is 23.9 Å². The Balaban J connectivity index is 1.80. The van der Waals surface area contributed by atoms with Crippen LogP contribution in [-0.2, 0) is 6.54 Å². The monoisotopic (exact) mass is 262 g/mol. The van der Waals surface area contributed by atoms with Gasteiger partial charge in [-0.1, -0.05) is 25.8 Å². The molecule has 1 aliphatic carbocycles. The average molecular weight is 262 g/mol. The molecule has 3 nitrogen and oxygen atoms in total. The van der Waals surface area contributed by atoms with E-state index < -0.39 is 0 Å². The molecule has 1 heterocycles. The van der Waals surface area contributed by atoms with E-state index in [9.17, 15) is 0 Å². The second-order valence-corrected chi connectivity index (χ2v) is 5.41. The number of hydrogen-bond donors (Lipinski definition) is 1. The summed E-state index contributed by atoms with van der Waals surface area (Å²) in [6.07, 6.45) is 11.1. The number of nitrogens with zero attached hydrogens (tertiary/aromatic N) is 1. The molecule has 0 atom stereocenters. The van der Waals surface area contributed by atoms with E-state index in [-0.39, 0.29) is 0 Å². The van der Waals surface area contributed by atoms with E-state index in [1.807, 2.05) is 12.3 Å². The van der Waals surface area contributed by atoms with Crippen LogP contribution in [0.2, 0.25) is 0 Å². The number of ether oxygens (including phenoxy) is 1. The van der Waals surface area contributed by atoms with Crippen molar-refractivity contribution in [2.45, 2.75) is 64.5 Å². The van der Waals surface area contributed by atoms with Crippen molar-refractivity contribution < 1.29 is 4.74 Å². The smallest absolute Gasteiger partial charge is 0.213 e. The molecule has 0 unspecified atom stereocenters. The second-order valence-electron chi connectivity index (χ2n) is 5.41. The SMILES string of the molecule is CCCNCc1ccc(OC2CCCCCC2)nc1. The summed E-state index contributed by atoms with van der Waals surface area (Å²) >= 11 is 0. The van der Waals surface area contributed by atoms with Crippen molar-refractivity contribution in [3.63, 3.8) is 0 Å². The van der Waals surface area contributed by atoms with Gasteiger partial charge in [-0.15, -0.1) is 0 Å². The topological polar surface area (TPSA) is 34.1 Å². The van der Waals surface area contributed by atoms with Gasteiger partial charge in [0, 0.05) is 18.8 Å². The average Bonchev–Trinajstić information content (AvgIpc) is 2.70. The molecular formula is C16H26N2O. The summed E-state index contributed by atoms with van der Waals surface area (Å²) in [7, 11) is 0. The summed E-state index contributed by atoms with van der Waals surface area (Å²) in [5.41, 5.74) is 1.22. The minimum atomic E-state index is 0.374. The molecular weight excluding hydrogens is 236 g/mol. The Bertz CT molecular complexity index is 342. The fourth-order valence-corrected chi connectivity index (χ4v) is 2.53. The van der Waals surface area contributed by atoms with Gasteiger partial charge in [-0.2, -0.15) is 0 Å². The molecule has 0 aromatic carbocycles. The van der Waals surface area contributed by atoms with Crippen molar-refractivity contribution in [3.8, 4) is 5.88 Å². The fourth-order valence-electron chi connectivity index (χ4n) is 2.53. The van der Waals surface area contributed by atoms with Crippen molar-refractivity contribution in [1.82, 2.24) is 10.3 Å². The fraction of sp³-hybridized carbons (Fsp3) is 0.688. The minimum Gasteiger partial charge on any atom is -0.474 e. The van der Waals surface area contributed by atoms with Crippen LogP contribution in [0, 0.1) is 0 Å². The van der Waals surface area contributed by atoms with Gasteiger partial charge in [0.2, 0.25) is 5.88 Å². The van der Waals surface area contributed by atoms with Gasteiger partial charge < -0.3 is 10.1 Å². The van der Waals surface area contributed by atoms with Gasteiger partial charge in [-0.3, -0.25) is 0 Å². The Morgan fingerprint density at radius 2 is 2.00 bits per heavy atom. The maximum Gasteiger partial charge on any atom is 0.213 e. The normalized spacial score (nSPS) is 17.1. The third-order valence-corrected chi connectivity index (χ3v) is 3.64. The Hall–Kier alpha value is -1.09. The zero-order valence-corrected chi connectivity index (χ0v) is 12.0. The lowest BCUT2D eigenvalue weighted by atomic mass is 10.1. The first kappa shape index (κ1) is 14.3. The molecule has 0 aliphatic heterocycles. The summed E-state index contributed by atoms with van der Waals surface area (Å²) < 4.78 is 5.98. The summed E-state index contributed by atoms with van der Waals surface area (Å²) in [6.45, 7) is 4.12. The maximum atomic E-state index is 5.98. The van der Waals surface area contributed by atoms with E-state index in [1.54, 1.807) is 0 Å². The van der Waals surface area contributed by atoms with Crippen molar-refractivity contribution in [2.24, 2.45) is 0 Å². The molecule has 3 heteroatoms. The third-order valence-electron chi connectivity index (χ3n) is 3.64. The molecule has 1 saturated carbocycles. The molecule has 1 aromatic rings. The second kappa shape index (κ2) is 8.16. The van der Waals surface area contributed by atoms with Gasteiger partial charge in [0.15, 0.2) is 0 Å². The lowest BCUT2D eigenvalue weighted by molar-refractivity contribution is 0.176. The molecule has 0 saturated heterocycles. The summed E-state index contributed by atoms with van der Waals surface area (Å²) in [5, 5.41) is 3.38. The van der Waals surface area contributed by atoms with E-state index >= 15 is 0 Å². The van der Waals surface area contributed by atoms with Crippen LogP contribution >= 0.6 is 0 Å². The standard InChI is InChI=1S/C16H26N2O/c1-2-11-17-12-14-9-10-16(18-13-14)19-15-7-5-3-4-6-8-15/h9-10,13,15,17H,2-8,11-12H2,1H3. The zero-order valence-electron chi connectivity index (χ0n) is 12.0. The Labute approximate surface area is 116 Å². The summed E-state index contributed by atoms with van der Waals surface area (Å²) in [6, 6.07) is 4.12. The summed E-state index contributed by atoms with van der Waals surface area (Å²) in [5.74, 6) is 0.783. The number of rotatable bonds is 6. The lowest BCUT2D eigenvalue weighted by Gasteiger charge is -2.16. The van der Waals surface area contributed by atoms with E-state index in [0.29, 0.717) is 6.10 Å². The van der Waals surface area contributed by atoms with Gasteiger partial charge in [-0.25, -0.2) is 4.98 Å². The number of pyridine rings is 1. The summed E-state index contributed by atoms with van der Waals surface area (Å²) in [4.78, 5) is 4.42. The Morgan fingerprint density at radius 1 is 1.21 bits per heavy atom. The van der Waals surface area contributed by atoms with Gasteiger partial charge in [0.05, 0.1) is 0 Å². The van der Waals surface area contributed by atoms with Gasteiger partial charge >= 0.3 is 0 Å². The molecule has 0 bridgehead atoms. The van der Waals surface area contributed by atoms with Crippen LogP contribution < -0.4 is 10.1 Å². The number of aromatic nitrogens is 1. The van der Waals surface area contributed by atoms with Crippen LogP contribution in [0.5, 0.6) is 5.88 Å². The minimum absolute atomic E-state index is 0.374. The zero-order chi connectivity index (χ0) is 13.3. The van der Waals surface area contributed by atoms with Crippen molar-refractivity contribution >= 4 is 0 Å². The van der Waals surface area contributed by atoms with E-state index in [0.717, 1.165) is 25.4 Å². The molecule has 1 fully saturated rings. The molecule has 19 heavy (non-hydrogen) atoms. The van der Waals surface area contributed by atoms with Gasteiger partial charge in [-0.05, 0) is 44.2 Å². The molecule has 106 valence electrons. The van der Waals surface area contributed by atoms with Crippen LogP contribution in [0.4, 0.5) is 0 Å². The highest BCUT2D eigenvalue weighted by Crippen LogP contribution is 2.21. The third kappa shape index (κ3) is 5.19. The largest absolute Gasteiger partial charge is 0.474 e. The predicted molar refractivity (Wildman–Crippen MR) is 78.4 cm³/mol. The van der Waals surface area contributed by atoms with E-state index in [2.05, 4.69) is 23.3 Å². The van der Waals surface area contributed by atoms with Crippen LogP contribution in [-0.4, -0.2) is 17.6 Å². The highest BCUT2D eigenvalue weighted by Gasteiger charge is 2.13. The van der Waals surface area contributed by atoms with Crippen LogP contribution in [0.15, 0.2) is 18.3 Å². The van der Waals surface area contributed by atoms with Crippen LogP contribution in [0.25, 0.3) is 0 Å². The van der Waals surface area contributed by atoms with Crippen molar-refractivity contribution in [2.75, 3.05) is 6.54 Å². The maximum absolute atomic E-state index is 5.98. The van der Waals surface area contributed by atoms with Crippen molar-refractivity contribution in [1.29, 1.82) is 0 Å². The molecule has 1 N–H and O–H groups in total. The van der Waals surface area contributed by atoms with Gasteiger partial charge in [0.1, 0.15) is 6.10 Å². The predicted octanol–water partition coefficient (Wildman–Crippen LogP) is 3.68. The van der Waals surface area contributed by atoms with E-state index in [1.165, 1.54) is 44.1 Å². The molecule has 0 spiro atoms. The quantitative estimate of drug-likeness (QED) is 0.627. The highest BCUT2D eigenvalue weighted by atomic mass is 16.5. The molecule has 1 aliphatic rings. The lowest BCUT2D eigenvalue weighted by Crippen LogP contribution is -2.16. The first-order chi connectivity index (χ1) is 9.38. The molecule has 1 aromatic heterocycles. The Kier molecular flexibility index (Phi) is 6.15. The van der Waals surface area contributed by atoms with Crippen LogP contribution in [0.1, 0.15) is 57.4 Å². The molecule has 2 rings (SSSR count). The van der Waals surface area contributed by atoms with E-state index in [4.69, 9.17) is 4.74 Å².